The van der Waals surface area contributed by atoms with Crippen LogP contribution in [0.1, 0.15) is 5.56 Å². The zero-order chi connectivity index (χ0) is 16.7. The molecule has 4 heteroatoms. The van der Waals surface area contributed by atoms with E-state index in [1.807, 2.05) is 12.1 Å². The Hall–Kier alpha value is -1.82. The molecule has 0 fully saturated rings. The summed E-state index contributed by atoms with van der Waals surface area (Å²) in [6.07, 6.45) is -4.22. The lowest BCUT2D eigenvalue weighted by molar-refractivity contribution is -0.138. The Morgan fingerprint density at radius 3 is 1.30 bits per heavy atom. The summed E-state index contributed by atoms with van der Waals surface area (Å²) in [5, 5.41) is 0. The normalized spacial score (nSPS) is 10.6. The molecule has 0 atom stereocenters. The van der Waals surface area contributed by atoms with Crippen LogP contribution < -0.4 is 0 Å². The van der Waals surface area contributed by atoms with Gasteiger partial charge in [0, 0.05) is 3.57 Å². The number of alkyl halides is 3. The van der Waals surface area contributed by atoms with Gasteiger partial charge in [0.2, 0.25) is 0 Å². The summed E-state index contributed by atoms with van der Waals surface area (Å²) in [6, 6.07) is 26.2. The highest BCUT2D eigenvalue weighted by atomic mass is 127. The quantitative estimate of drug-likeness (QED) is 0.382. The number of rotatable bonds is 1. The topological polar surface area (TPSA) is 0 Å². The summed E-state index contributed by atoms with van der Waals surface area (Å²) >= 11 is 1.67. The van der Waals surface area contributed by atoms with Crippen molar-refractivity contribution in [1.29, 1.82) is 0 Å². The van der Waals surface area contributed by atoms with Crippen LogP contribution in [0.25, 0.3) is 11.1 Å². The van der Waals surface area contributed by atoms with Crippen molar-refractivity contribution in [3.63, 3.8) is 0 Å². The maximum atomic E-state index is 12.0. The van der Waals surface area contributed by atoms with Crippen molar-refractivity contribution in [2.24, 2.45) is 0 Å². The van der Waals surface area contributed by atoms with Crippen molar-refractivity contribution in [2.75, 3.05) is 0 Å². The van der Waals surface area contributed by atoms with E-state index in [2.05, 4.69) is 48.5 Å². The highest BCUT2D eigenvalue weighted by molar-refractivity contribution is 14.1. The molecule has 0 aliphatic carbocycles. The summed E-state index contributed by atoms with van der Waals surface area (Å²) in [7, 11) is 0. The predicted molar refractivity (Wildman–Crippen MR) is 96.0 cm³/mol. The Balaban J connectivity index is 0.000000168. The first-order valence-corrected chi connectivity index (χ1v) is 7.98. The fraction of sp³-hybridized carbons (Fsp3) is 0.0526. The molecule has 0 aromatic heterocycles. The van der Waals surface area contributed by atoms with Gasteiger partial charge in [-0.25, -0.2) is 0 Å². The van der Waals surface area contributed by atoms with Crippen molar-refractivity contribution in [3.05, 3.63) is 94.1 Å². The van der Waals surface area contributed by atoms with Gasteiger partial charge in [-0.3, -0.25) is 0 Å². The monoisotopic (exact) mass is 426 g/mol. The molecule has 0 radical (unpaired) electrons. The van der Waals surface area contributed by atoms with Crippen molar-refractivity contribution in [2.45, 2.75) is 6.18 Å². The van der Waals surface area contributed by atoms with Gasteiger partial charge >= 0.3 is 6.18 Å². The van der Waals surface area contributed by atoms with Gasteiger partial charge in [0.15, 0.2) is 0 Å². The second kappa shape index (κ2) is 8.15. The van der Waals surface area contributed by atoms with E-state index < -0.39 is 11.7 Å². The Kier molecular flexibility index (Phi) is 6.21. The molecule has 118 valence electrons. The van der Waals surface area contributed by atoms with Crippen LogP contribution in [0.3, 0.4) is 0 Å². The van der Waals surface area contributed by atoms with Crippen LogP contribution in [0.15, 0.2) is 84.9 Å². The molecule has 23 heavy (non-hydrogen) atoms. The molecule has 0 unspecified atom stereocenters. The average Bonchev–Trinajstić information content (AvgIpc) is 2.56. The molecule has 0 saturated heterocycles. The van der Waals surface area contributed by atoms with Gasteiger partial charge in [-0.1, -0.05) is 72.8 Å². The van der Waals surface area contributed by atoms with Crippen LogP contribution in [-0.2, 0) is 6.18 Å². The zero-order valence-electron chi connectivity index (χ0n) is 12.1. The van der Waals surface area contributed by atoms with E-state index in [4.69, 9.17) is 0 Å². The lowest BCUT2D eigenvalue weighted by Crippen LogP contribution is -2.06. The predicted octanol–water partition coefficient (Wildman–Crippen LogP) is 6.66. The minimum Gasteiger partial charge on any atom is -0.166 e. The number of hydrogen-bond donors (Lipinski definition) is 0. The first kappa shape index (κ1) is 17.5. The largest absolute Gasteiger partial charge is 0.417 e. The molecule has 0 bridgehead atoms. The minimum absolute atomic E-state index is 0.234. The van der Waals surface area contributed by atoms with Gasteiger partial charge in [0.25, 0.3) is 0 Å². The maximum absolute atomic E-state index is 12.0. The first-order valence-electron chi connectivity index (χ1n) is 6.90. The van der Waals surface area contributed by atoms with E-state index in [-0.39, 0.29) is 3.57 Å². The minimum atomic E-state index is -4.22. The molecule has 0 heterocycles. The van der Waals surface area contributed by atoms with Crippen LogP contribution in [0, 0.1) is 3.57 Å². The second-order valence-corrected chi connectivity index (χ2v) is 5.87. The molecule has 3 aromatic carbocycles. The number of hydrogen-bond acceptors (Lipinski definition) is 0. The fourth-order valence-electron chi connectivity index (χ4n) is 1.95. The van der Waals surface area contributed by atoms with Crippen molar-refractivity contribution < 1.29 is 13.2 Å². The second-order valence-electron chi connectivity index (χ2n) is 4.71. The summed E-state index contributed by atoms with van der Waals surface area (Å²) in [5.74, 6) is 0. The van der Waals surface area contributed by atoms with Crippen molar-refractivity contribution >= 4 is 22.6 Å². The van der Waals surface area contributed by atoms with Gasteiger partial charge < -0.3 is 0 Å². The highest BCUT2D eigenvalue weighted by Crippen LogP contribution is 2.32. The van der Waals surface area contributed by atoms with Crippen LogP contribution in [0.2, 0.25) is 0 Å². The molecule has 0 aliphatic rings. The van der Waals surface area contributed by atoms with Gasteiger partial charge in [-0.05, 0) is 45.9 Å². The Bertz CT molecular complexity index is 685. The summed E-state index contributed by atoms with van der Waals surface area (Å²) in [6.45, 7) is 0. The van der Waals surface area contributed by atoms with Crippen LogP contribution >= 0.6 is 22.6 Å². The third kappa shape index (κ3) is 5.39. The van der Waals surface area contributed by atoms with Crippen molar-refractivity contribution in [3.8, 4) is 11.1 Å². The summed E-state index contributed by atoms with van der Waals surface area (Å²) in [5.41, 5.74) is 1.98. The van der Waals surface area contributed by atoms with E-state index in [1.165, 1.54) is 23.3 Å². The van der Waals surface area contributed by atoms with Crippen LogP contribution in [0.4, 0.5) is 13.2 Å². The van der Waals surface area contributed by atoms with E-state index >= 15 is 0 Å². The Morgan fingerprint density at radius 1 is 0.565 bits per heavy atom. The number of halogens is 4. The number of benzene rings is 3. The standard InChI is InChI=1S/C12H10.C7H4F3I/c1-3-7-11(8-4-1)12-9-5-2-6-10-12;8-7(9,10)5-3-1-2-4-6(5)11/h1-10H;1-4H. The summed E-state index contributed by atoms with van der Waals surface area (Å²) in [4.78, 5) is 0. The lowest BCUT2D eigenvalue weighted by atomic mass is 10.1. The Morgan fingerprint density at radius 2 is 0.957 bits per heavy atom. The van der Waals surface area contributed by atoms with E-state index in [0.29, 0.717) is 0 Å². The Labute approximate surface area is 147 Å². The molecule has 0 nitrogen and oxygen atoms in total. The van der Waals surface area contributed by atoms with Gasteiger partial charge in [-0.15, -0.1) is 0 Å². The third-order valence-corrected chi connectivity index (χ3v) is 4.00. The highest BCUT2D eigenvalue weighted by Gasteiger charge is 2.32. The summed E-state index contributed by atoms with van der Waals surface area (Å²) < 4.78 is 36.4. The van der Waals surface area contributed by atoms with Crippen LogP contribution in [0.5, 0.6) is 0 Å². The fourth-order valence-corrected chi connectivity index (χ4v) is 2.65. The smallest absolute Gasteiger partial charge is 0.166 e. The molecule has 3 rings (SSSR count). The molecule has 0 spiro atoms. The molecule has 0 saturated carbocycles. The molecule has 0 aliphatic heterocycles. The first-order chi connectivity index (χ1) is 11.0. The maximum Gasteiger partial charge on any atom is 0.417 e. The van der Waals surface area contributed by atoms with E-state index in [0.717, 1.165) is 6.07 Å². The zero-order valence-corrected chi connectivity index (χ0v) is 14.3. The molecule has 3 aromatic rings. The lowest BCUT2D eigenvalue weighted by Gasteiger charge is -2.07. The molecular weight excluding hydrogens is 412 g/mol. The SMILES string of the molecule is FC(F)(F)c1ccccc1I.c1ccc(-c2ccccc2)cc1. The van der Waals surface area contributed by atoms with Gasteiger partial charge in [-0.2, -0.15) is 13.2 Å². The van der Waals surface area contributed by atoms with Gasteiger partial charge in [0.1, 0.15) is 0 Å². The molecule has 0 amide bonds. The molecular formula is C19H14F3I. The average molecular weight is 426 g/mol. The van der Waals surface area contributed by atoms with Crippen molar-refractivity contribution in [1.82, 2.24) is 0 Å². The van der Waals surface area contributed by atoms with E-state index in [1.54, 1.807) is 28.7 Å². The van der Waals surface area contributed by atoms with Crippen LogP contribution in [-0.4, -0.2) is 0 Å². The van der Waals surface area contributed by atoms with E-state index in [9.17, 15) is 13.2 Å². The van der Waals surface area contributed by atoms with Gasteiger partial charge in [0.05, 0.1) is 5.56 Å². The third-order valence-electron chi connectivity index (χ3n) is 3.06. The molecule has 0 N–H and O–H groups in total.